The number of amides is 1. The minimum atomic E-state index is -0.172. The summed E-state index contributed by atoms with van der Waals surface area (Å²) in [7, 11) is 1.70. The number of halogens is 1. The Bertz CT molecular complexity index is 380. The molecule has 1 aromatic heterocycles. The van der Waals surface area contributed by atoms with Crippen LogP contribution in [0, 0.1) is 5.92 Å². The molecule has 1 aromatic rings. The predicted molar refractivity (Wildman–Crippen MR) is 64.1 cm³/mol. The summed E-state index contributed by atoms with van der Waals surface area (Å²) in [5.74, 6) is 0.395. The SMILES string of the molecule is Cn1ncc(Cl)c1C(=O)NCCC1CCOC1. The van der Waals surface area contributed by atoms with Crippen LogP contribution in [0.5, 0.6) is 0 Å². The van der Waals surface area contributed by atoms with Gasteiger partial charge in [-0.25, -0.2) is 0 Å². The topological polar surface area (TPSA) is 56.2 Å². The van der Waals surface area contributed by atoms with E-state index in [0.29, 0.717) is 23.2 Å². The van der Waals surface area contributed by atoms with Gasteiger partial charge in [0.25, 0.3) is 5.91 Å². The van der Waals surface area contributed by atoms with Crippen molar-refractivity contribution in [1.29, 1.82) is 0 Å². The number of rotatable bonds is 4. The second kappa shape index (κ2) is 5.51. The van der Waals surface area contributed by atoms with Crippen molar-refractivity contribution in [1.82, 2.24) is 15.1 Å². The van der Waals surface area contributed by atoms with Gasteiger partial charge in [-0.05, 0) is 18.8 Å². The molecule has 2 heterocycles. The first-order chi connectivity index (χ1) is 8.18. The summed E-state index contributed by atoms with van der Waals surface area (Å²) < 4.78 is 6.76. The van der Waals surface area contributed by atoms with Crippen LogP contribution in [0.15, 0.2) is 6.20 Å². The number of nitrogens with zero attached hydrogens (tertiary/aromatic N) is 2. The average Bonchev–Trinajstić information content (AvgIpc) is 2.89. The number of hydrogen-bond acceptors (Lipinski definition) is 3. The lowest BCUT2D eigenvalue weighted by molar-refractivity contribution is 0.0941. The maximum atomic E-state index is 11.8. The maximum Gasteiger partial charge on any atom is 0.271 e. The highest BCUT2D eigenvalue weighted by Gasteiger charge is 2.18. The molecule has 1 N–H and O–H groups in total. The predicted octanol–water partition coefficient (Wildman–Crippen LogP) is 1.23. The van der Waals surface area contributed by atoms with Gasteiger partial charge in [-0.1, -0.05) is 11.6 Å². The molecule has 0 saturated carbocycles. The molecule has 2 rings (SSSR count). The van der Waals surface area contributed by atoms with E-state index < -0.39 is 0 Å². The fourth-order valence-electron chi connectivity index (χ4n) is 1.95. The van der Waals surface area contributed by atoms with Gasteiger partial charge in [0.1, 0.15) is 5.69 Å². The Kier molecular flexibility index (Phi) is 4.02. The fourth-order valence-corrected chi connectivity index (χ4v) is 2.20. The van der Waals surface area contributed by atoms with Crippen LogP contribution in [0.2, 0.25) is 5.02 Å². The monoisotopic (exact) mass is 257 g/mol. The summed E-state index contributed by atoms with van der Waals surface area (Å²) in [6.07, 6.45) is 3.50. The molecule has 94 valence electrons. The molecule has 0 spiro atoms. The van der Waals surface area contributed by atoms with Crippen LogP contribution in [-0.4, -0.2) is 35.4 Å². The van der Waals surface area contributed by atoms with E-state index in [9.17, 15) is 4.79 Å². The fraction of sp³-hybridized carbons (Fsp3) is 0.636. The first kappa shape index (κ1) is 12.4. The zero-order chi connectivity index (χ0) is 12.3. The van der Waals surface area contributed by atoms with E-state index in [1.165, 1.54) is 10.9 Å². The molecule has 6 heteroatoms. The van der Waals surface area contributed by atoms with Gasteiger partial charge < -0.3 is 10.1 Å². The molecule has 0 bridgehead atoms. The molecule has 1 aliphatic heterocycles. The van der Waals surface area contributed by atoms with Crippen molar-refractivity contribution in [2.75, 3.05) is 19.8 Å². The maximum absolute atomic E-state index is 11.8. The van der Waals surface area contributed by atoms with Crippen LogP contribution in [0.3, 0.4) is 0 Å². The lowest BCUT2D eigenvalue weighted by Gasteiger charge is -2.09. The second-order valence-electron chi connectivity index (χ2n) is 4.24. The van der Waals surface area contributed by atoms with Crippen molar-refractivity contribution in [3.05, 3.63) is 16.9 Å². The van der Waals surface area contributed by atoms with Gasteiger partial charge in [0.2, 0.25) is 0 Å². The van der Waals surface area contributed by atoms with E-state index in [0.717, 1.165) is 26.1 Å². The third-order valence-electron chi connectivity index (χ3n) is 2.97. The van der Waals surface area contributed by atoms with Crippen molar-refractivity contribution in [3.8, 4) is 0 Å². The van der Waals surface area contributed by atoms with Crippen LogP contribution < -0.4 is 5.32 Å². The van der Waals surface area contributed by atoms with Crippen molar-refractivity contribution in [3.63, 3.8) is 0 Å². The molecule has 1 atom stereocenters. The molecule has 1 unspecified atom stereocenters. The van der Waals surface area contributed by atoms with Gasteiger partial charge in [0.05, 0.1) is 11.2 Å². The Morgan fingerprint density at radius 3 is 3.18 bits per heavy atom. The number of aryl methyl sites for hydroxylation is 1. The Morgan fingerprint density at radius 2 is 2.59 bits per heavy atom. The molecule has 1 aliphatic rings. The number of aromatic nitrogens is 2. The number of carbonyl (C=O) groups excluding carboxylic acids is 1. The number of nitrogens with one attached hydrogen (secondary N) is 1. The van der Waals surface area contributed by atoms with Crippen molar-refractivity contribution >= 4 is 17.5 Å². The Balaban J connectivity index is 1.81. The zero-order valence-electron chi connectivity index (χ0n) is 9.78. The average molecular weight is 258 g/mol. The summed E-state index contributed by atoms with van der Waals surface area (Å²) in [5.41, 5.74) is 0.411. The summed E-state index contributed by atoms with van der Waals surface area (Å²) >= 11 is 5.88. The van der Waals surface area contributed by atoms with E-state index in [1.807, 2.05) is 0 Å². The standard InChI is InChI=1S/C11H16ClN3O2/c1-15-10(9(12)6-14-15)11(16)13-4-2-8-3-5-17-7-8/h6,8H,2-5,7H2,1H3,(H,13,16). The van der Waals surface area contributed by atoms with Gasteiger partial charge in [-0.15, -0.1) is 0 Å². The lowest BCUT2D eigenvalue weighted by atomic mass is 10.1. The van der Waals surface area contributed by atoms with E-state index in [-0.39, 0.29) is 5.91 Å². The Labute approximate surface area is 105 Å². The molecular weight excluding hydrogens is 242 g/mol. The summed E-state index contributed by atoms with van der Waals surface area (Å²) in [4.78, 5) is 11.8. The van der Waals surface area contributed by atoms with Crippen LogP contribution in [0.25, 0.3) is 0 Å². The van der Waals surface area contributed by atoms with Crippen molar-refractivity contribution < 1.29 is 9.53 Å². The minimum Gasteiger partial charge on any atom is -0.381 e. The molecule has 0 radical (unpaired) electrons. The first-order valence-electron chi connectivity index (χ1n) is 5.72. The van der Waals surface area contributed by atoms with Gasteiger partial charge in [-0.2, -0.15) is 5.10 Å². The minimum absolute atomic E-state index is 0.172. The van der Waals surface area contributed by atoms with Crippen molar-refractivity contribution in [2.45, 2.75) is 12.8 Å². The normalized spacial score (nSPS) is 19.5. The largest absolute Gasteiger partial charge is 0.381 e. The molecule has 5 nitrogen and oxygen atoms in total. The van der Waals surface area contributed by atoms with Crippen LogP contribution in [0.4, 0.5) is 0 Å². The van der Waals surface area contributed by atoms with E-state index in [4.69, 9.17) is 16.3 Å². The molecule has 1 saturated heterocycles. The summed E-state index contributed by atoms with van der Waals surface area (Å²) in [6.45, 7) is 2.29. The lowest BCUT2D eigenvalue weighted by Crippen LogP contribution is -2.28. The highest BCUT2D eigenvalue weighted by molar-refractivity contribution is 6.33. The highest BCUT2D eigenvalue weighted by atomic mass is 35.5. The highest BCUT2D eigenvalue weighted by Crippen LogP contribution is 2.16. The van der Waals surface area contributed by atoms with Crippen LogP contribution >= 0.6 is 11.6 Å². The Hall–Kier alpha value is -1.07. The molecule has 17 heavy (non-hydrogen) atoms. The number of ether oxygens (including phenoxy) is 1. The third-order valence-corrected chi connectivity index (χ3v) is 3.25. The van der Waals surface area contributed by atoms with Gasteiger partial charge in [-0.3, -0.25) is 9.48 Å². The van der Waals surface area contributed by atoms with Gasteiger partial charge >= 0.3 is 0 Å². The number of hydrogen-bond donors (Lipinski definition) is 1. The molecular formula is C11H16ClN3O2. The Morgan fingerprint density at radius 1 is 1.76 bits per heavy atom. The van der Waals surface area contributed by atoms with Crippen LogP contribution in [-0.2, 0) is 11.8 Å². The zero-order valence-corrected chi connectivity index (χ0v) is 10.5. The van der Waals surface area contributed by atoms with E-state index >= 15 is 0 Å². The van der Waals surface area contributed by atoms with Gasteiger partial charge in [0.15, 0.2) is 0 Å². The van der Waals surface area contributed by atoms with Crippen LogP contribution in [0.1, 0.15) is 23.3 Å². The smallest absolute Gasteiger partial charge is 0.271 e. The van der Waals surface area contributed by atoms with Gasteiger partial charge in [0, 0.05) is 26.8 Å². The quantitative estimate of drug-likeness (QED) is 0.883. The summed E-state index contributed by atoms with van der Waals surface area (Å²) in [5, 5.41) is 7.16. The third kappa shape index (κ3) is 2.98. The van der Waals surface area contributed by atoms with Crippen molar-refractivity contribution in [2.24, 2.45) is 13.0 Å². The summed E-state index contributed by atoms with van der Waals surface area (Å²) in [6, 6.07) is 0. The van der Waals surface area contributed by atoms with E-state index in [2.05, 4.69) is 10.4 Å². The number of carbonyl (C=O) groups is 1. The second-order valence-corrected chi connectivity index (χ2v) is 4.65. The van der Waals surface area contributed by atoms with E-state index in [1.54, 1.807) is 7.05 Å². The first-order valence-corrected chi connectivity index (χ1v) is 6.09. The molecule has 1 fully saturated rings. The molecule has 1 amide bonds. The molecule has 0 aliphatic carbocycles. The molecule has 0 aromatic carbocycles.